The molecule has 0 aromatic heterocycles. The van der Waals surface area contributed by atoms with Gasteiger partial charge in [-0.2, -0.15) is 0 Å². The lowest BCUT2D eigenvalue weighted by atomic mass is 9.75. The van der Waals surface area contributed by atoms with E-state index >= 15 is 0 Å². The number of carboxylic acid groups (broad SMARTS) is 1. The maximum atomic E-state index is 11.7. The van der Waals surface area contributed by atoms with Crippen LogP contribution in [0.25, 0.3) is 0 Å². The van der Waals surface area contributed by atoms with Gasteiger partial charge in [0.15, 0.2) is 0 Å². The molecular formula is C14H27NO2. The van der Waals surface area contributed by atoms with Gasteiger partial charge in [-0.25, -0.2) is 0 Å². The maximum Gasteiger partial charge on any atom is 0.324 e. The highest BCUT2D eigenvalue weighted by Gasteiger charge is 2.45. The van der Waals surface area contributed by atoms with E-state index in [-0.39, 0.29) is 0 Å². The van der Waals surface area contributed by atoms with Crippen molar-refractivity contribution in [2.45, 2.75) is 64.8 Å². The lowest BCUT2D eigenvalue weighted by Crippen LogP contribution is -2.56. The van der Waals surface area contributed by atoms with Crippen molar-refractivity contribution in [3.05, 3.63) is 0 Å². The summed E-state index contributed by atoms with van der Waals surface area (Å²) in [4.78, 5) is 14.0. The lowest BCUT2D eigenvalue weighted by molar-refractivity contribution is -0.155. The van der Waals surface area contributed by atoms with E-state index in [1.807, 2.05) is 0 Å². The van der Waals surface area contributed by atoms with Crippen LogP contribution in [-0.4, -0.2) is 34.6 Å². The van der Waals surface area contributed by atoms with Crippen LogP contribution < -0.4 is 0 Å². The van der Waals surface area contributed by atoms with E-state index in [9.17, 15) is 9.90 Å². The molecule has 1 rings (SSSR count). The molecule has 0 amide bonds. The summed E-state index contributed by atoms with van der Waals surface area (Å²) in [6.45, 7) is 8.31. The van der Waals surface area contributed by atoms with Crippen LogP contribution in [0.3, 0.4) is 0 Å². The summed E-state index contributed by atoms with van der Waals surface area (Å²) in [5.74, 6) is 0.0823. The van der Waals surface area contributed by atoms with Gasteiger partial charge in [0.2, 0.25) is 0 Å². The van der Waals surface area contributed by atoms with Crippen molar-refractivity contribution in [3.8, 4) is 0 Å². The van der Waals surface area contributed by atoms with E-state index in [0.717, 1.165) is 51.6 Å². The average Bonchev–Trinajstić information content (AvgIpc) is 2.30. The molecule has 1 aliphatic rings. The zero-order valence-electron chi connectivity index (χ0n) is 11.5. The van der Waals surface area contributed by atoms with Gasteiger partial charge in [-0.05, 0) is 57.5 Å². The predicted octanol–water partition coefficient (Wildman–Crippen LogP) is 3.14. The third-order valence-electron chi connectivity index (χ3n) is 4.09. The zero-order valence-corrected chi connectivity index (χ0v) is 11.5. The summed E-state index contributed by atoms with van der Waals surface area (Å²) in [7, 11) is 0. The van der Waals surface area contributed by atoms with Gasteiger partial charge in [0.25, 0.3) is 0 Å². The molecule has 1 aliphatic carbocycles. The number of carbonyl (C=O) groups is 1. The van der Waals surface area contributed by atoms with E-state index in [0.29, 0.717) is 5.92 Å². The lowest BCUT2D eigenvalue weighted by Gasteiger charge is -2.44. The Kier molecular flexibility index (Phi) is 5.44. The Balaban J connectivity index is 2.84. The van der Waals surface area contributed by atoms with Crippen LogP contribution in [0, 0.1) is 5.92 Å². The smallest absolute Gasteiger partial charge is 0.324 e. The molecule has 17 heavy (non-hydrogen) atoms. The van der Waals surface area contributed by atoms with Gasteiger partial charge in [-0.1, -0.05) is 20.8 Å². The Morgan fingerprint density at radius 1 is 1.24 bits per heavy atom. The second kappa shape index (κ2) is 6.39. The Morgan fingerprint density at radius 3 is 2.06 bits per heavy atom. The number of hydrogen-bond acceptors (Lipinski definition) is 2. The minimum absolute atomic E-state index is 0.571. The standard InChI is InChI=1S/C14H27NO2/c1-4-10-15(11-5-2)14(13(16)17)8-6-12(3)7-9-14/h12H,4-11H2,1-3H3,(H,16,17). The van der Waals surface area contributed by atoms with Gasteiger partial charge in [0, 0.05) is 0 Å². The number of aliphatic carboxylic acids is 1. The van der Waals surface area contributed by atoms with E-state index < -0.39 is 11.5 Å². The number of hydrogen-bond donors (Lipinski definition) is 1. The zero-order chi connectivity index (χ0) is 12.9. The molecule has 0 aromatic rings. The van der Waals surface area contributed by atoms with E-state index in [2.05, 4.69) is 25.7 Å². The molecule has 0 spiro atoms. The fourth-order valence-corrected chi connectivity index (χ4v) is 2.98. The largest absolute Gasteiger partial charge is 0.480 e. The minimum atomic E-state index is -0.605. The van der Waals surface area contributed by atoms with Crippen molar-refractivity contribution >= 4 is 5.97 Å². The van der Waals surface area contributed by atoms with Crippen LogP contribution in [-0.2, 0) is 4.79 Å². The monoisotopic (exact) mass is 241 g/mol. The van der Waals surface area contributed by atoms with Crippen LogP contribution in [0.15, 0.2) is 0 Å². The molecule has 0 atom stereocenters. The highest BCUT2D eigenvalue weighted by atomic mass is 16.4. The van der Waals surface area contributed by atoms with Crippen molar-refractivity contribution in [1.82, 2.24) is 4.90 Å². The Hall–Kier alpha value is -0.570. The fourth-order valence-electron chi connectivity index (χ4n) is 2.98. The third kappa shape index (κ3) is 3.21. The summed E-state index contributed by atoms with van der Waals surface area (Å²) in [5, 5.41) is 9.66. The van der Waals surface area contributed by atoms with Crippen LogP contribution in [0.1, 0.15) is 59.3 Å². The minimum Gasteiger partial charge on any atom is -0.480 e. The molecule has 0 aliphatic heterocycles. The first-order chi connectivity index (χ1) is 8.06. The molecule has 3 heteroatoms. The molecule has 100 valence electrons. The second-order valence-corrected chi connectivity index (χ2v) is 5.51. The molecule has 0 unspecified atom stereocenters. The molecule has 0 saturated heterocycles. The summed E-state index contributed by atoms with van der Waals surface area (Å²) < 4.78 is 0. The fraction of sp³-hybridized carbons (Fsp3) is 0.929. The second-order valence-electron chi connectivity index (χ2n) is 5.51. The average molecular weight is 241 g/mol. The van der Waals surface area contributed by atoms with Gasteiger partial charge >= 0.3 is 5.97 Å². The van der Waals surface area contributed by atoms with Crippen LogP contribution >= 0.6 is 0 Å². The summed E-state index contributed by atoms with van der Waals surface area (Å²) in [5.41, 5.74) is -0.571. The molecule has 0 heterocycles. The summed E-state index contributed by atoms with van der Waals surface area (Å²) in [6.07, 6.45) is 5.81. The van der Waals surface area contributed by atoms with Gasteiger partial charge in [-0.3, -0.25) is 9.69 Å². The Morgan fingerprint density at radius 2 is 1.71 bits per heavy atom. The first-order valence-electron chi connectivity index (χ1n) is 7.05. The number of nitrogens with zero attached hydrogens (tertiary/aromatic N) is 1. The third-order valence-corrected chi connectivity index (χ3v) is 4.09. The quantitative estimate of drug-likeness (QED) is 0.776. The van der Waals surface area contributed by atoms with Gasteiger partial charge in [0.05, 0.1) is 0 Å². The van der Waals surface area contributed by atoms with E-state index in [1.165, 1.54) is 0 Å². The molecule has 1 saturated carbocycles. The van der Waals surface area contributed by atoms with Gasteiger partial charge < -0.3 is 5.11 Å². The molecule has 0 aromatic carbocycles. The van der Waals surface area contributed by atoms with Crippen molar-refractivity contribution in [2.75, 3.05) is 13.1 Å². The molecule has 1 N–H and O–H groups in total. The maximum absolute atomic E-state index is 11.7. The van der Waals surface area contributed by atoms with Crippen molar-refractivity contribution in [1.29, 1.82) is 0 Å². The van der Waals surface area contributed by atoms with Gasteiger partial charge in [-0.15, -0.1) is 0 Å². The summed E-state index contributed by atoms with van der Waals surface area (Å²) in [6, 6.07) is 0. The molecule has 1 fully saturated rings. The topological polar surface area (TPSA) is 40.5 Å². The molecule has 3 nitrogen and oxygen atoms in total. The molecule has 0 bridgehead atoms. The molecule has 0 radical (unpaired) electrons. The first kappa shape index (κ1) is 14.5. The Bertz CT molecular complexity index is 239. The normalized spacial score (nSPS) is 29.5. The van der Waals surface area contributed by atoms with Crippen LogP contribution in [0.4, 0.5) is 0 Å². The highest BCUT2D eigenvalue weighted by Crippen LogP contribution is 2.37. The highest BCUT2D eigenvalue weighted by molar-refractivity contribution is 5.79. The number of rotatable bonds is 6. The van der Waals surface area contributed by atoms with Crippen molar-refractivity contribution in [3.63, 3.8) is 0 Å². The summed E-state index contributed by atoms with van der Waals surface area (Å²) >= 11 is 0. The SMILES string of the molecule is CCCN(CCC)C1(C(=O)O)CCC(C)CC1. The van der Waals surface area contributed by atoms with Gasteiger partial charge in [0.1, 0.15) is 5.54 Å². The van der Waals surface area contributed by atoms with Crippen molar-refractivity contribution in [2.24, 2.45) is 5.92 Å². The van der Waals surface area contributed by atoms with Crippen molar-refractivity contribution < 1.29 is 9.90 Å². The molecular weight excluding hydrogens is 214 g/mol. The van der Waals surface area contributed by atoms with Crippen LogP contribution in [0.5, 0.6) is 0 Å². The Labute approximate surface area is 105 Å². The van der Waals surface area contributed by atoms with Crippen LogP contribution in [0.2, 0.25) is 0 Å². The predicted molar refractivity (Wildman–Crippen MR) is 70.2 cm³/mol. The number of carboxylic acids is 1. The first-order valence-corrected chi connectivity index (χ1v) is 7.05. The van der Waals surface area contributed by atoms with E-state index in [1.54, 1.807) is 0 Å². The van der Waals surface area contributed by atoms with E-state index in [4.69, 9.17) is 0 Å².